The number of pyridine rings is 3. The number of aliphatic imine (C=N–C) groups is 1. The highest BCUT2D eigenvalue weighted by atomic mass is 28.3. The van der Waals surface area contributed by atoms with Crippen molar-refractivity contribution in [3.05, 3.63) is 263 Å². The lowest BCUT2D eigenvalue weighted by molar-refractivity contribution is 0.0815. The van der Waals surface area contributed by atoms with E-state index < -0.39 is 51.1 Å². The van der Waals surface area contributed by atoms with Gasteiger partial charge in [0.1, 0.15) is 48.4 Å². The van der Waals surface area contributed by atoms with Gasteiger partial charge in [0.25, 0.3) is 0 Å². The molecule has 1 aliphatic rings. The van der Waals surface area contributed by atoms with Crippen LogP contribution in [0.15, 0.2) is 193 Å². The number of hydrogen-bond acceptors (Lipinski definition) is 11. The number of allylic oxidation sites excluding steroid dienone is 1. The van der Waals surface area contributed by atoms with E-state index in [2.05, 4.69) is 64.5 Å². The fourth-order valence-corrected chi connectivity index (χ4v) is 11.7. The van der Waals surface area contributed by atoms with E-state index in [-0.39, 0.29) is 0 Å². The van der Waals surface area contributed by atoms with Crippen LogP contribution in [0.5, 0.6) is 0 Å². The van der Waals surface area contributed by atoms with Crippen molar-refractivity contribution in [1.29, 1.82) is 0 Å². The Morgan fingerprint density at radius 2 is 0.875 bits per heavy atom. The molecule has 0 atom stereocenters. The Morgan fingerprint density at radius 3 is 1.33 bits per heavy atom. The molecule has 0 amide bonds. The summed E-state index contributed by atoms with van der Waals surface area (Å²) in [5, 5.41) is 14.4. The van der Waals surface area contributed by atoms with Crippen molar-refractivity contribution in [1.82, 2.24) is 34.5 Å². The van der Waals surface area contributed by atoms with E-state index in [1.807, 2.05) is 155 Å². The minimum absolute atomic E-state index is 0.337. The van der Waals surface area contributed by atoms with Gasteiger partial charge in [-0.25, -0.2) is 35.7 Å². The lowest BCUT2D eigenvalue weighted by Gasteiger charge is -2.20. The molecule has 96 heavy (non-hydrogen) atoms. The van der Waals surface area contributed by atoms with Crippen LogP contribution in [0, 0.1) is 34.9 Å². The molecule has 0 bridgehead atoms. The van der Waals surface area contributed by atoms with E-state index in [1.165, 1.54) is 36.4 Å². The number of hydrogen-bond donors (Lipinski definition) is 1. The third kappa shape index (κ3) is 19.3. The molecule has 0 unspecified atom stereocenters. The van der Waals surface area contributed by atoms with Crippen molar-refractivity contribution in [2.24, 2.45) is 4.99 Å². The van der Waals surface area contributed by atoms with Gasteiger partial charge in [-0.15, -0.1) is 0 Å². The molecule has 0 aliphatic carbocycles. The van der Waals surface area contributed by atoms with Crippen molar-refractivity contribution in [2.75, 3.05) is 42.4 Å². The first-order valence-electron chi connectivity index (χ1n) is 31.3. The Balaban J connectivity index is 0.000000158. The van der Waals surface area contributed by atoms with Gasteiger partial charge in [-0.2, -0.15) is 10.2 Å². The number of fused-ring (bicyclic) bond motifs is 3. The molecular weight excluding hydrogens is 1260 g/mol. The van der Waals surface area contributed by atoms with E-state index in [4.69, 9.17) is 19.7 Å². The van der Waals surface area contributed by atoms with E-state index in [0.717, 1.165) is 109 Å². The van der Waals surface area contributed by atoms with Crippen LogP contribution in [0.2, 0.25) is 51.4 Å². The standard InChI is InChI=1S/C27H30F2N4OSi.C26H28F2N4OSi.C22H17F2N3/c1-32(24-16-20(28)15-21(29)17-24)23-9-11-27-25(18-23)26(10-8-22-7-5-6-12-30-22)31-33(27)19-34-13-14-35(2,3)4;1-34(2,3)13-12-33-18-32-26-10-8-22(30-23-15-19(27)14-20(28)16-23)17-24(26)25(31-32)9-7-21-6-4-5-11-29-21;1-27(20-11-16(23)10-17(24)12-20)19-7-5-15-14-26-22(21(15)13-19)8-6-18-4-2-3-9-25-18/h5-12,15-18H,13-14,19H2,1-4H3;4-11,14-17,30H,12-13,18H2,1-3H3;2-13H,14H2,1H3/b10-8+;9-7+;8-6+. The highest BCUT2D eigenvalue weighted by molar-refractivity contribution is 6.76. The molecule has 0 saturated heterocycles. The SMILES string of the molecule is CN(c1cc(F)cc(F)c1)c1ccc2c(c1)C(/C=C/c1ccccn1)=NC2.CN(c1cc(F)cc(F)c1)c1ccc2c(c1)c(/C=C/c1ccccn1)nn2COCC[Si](C)(C)C.C[Si](C)(C)CCOCn1nc(/C=C/c2ccccn2)c2cc(Nc3cc(F)cc(F)c3)ccc21. The molecule has 6 aromatic carbocycles. The summed E-state index contributed by atoms with van der Waals surface area (Å²) in [6.45, 7) is 16.6. The summed E-state index contributed by atoms with van der Waals surface area (Å²) in [4.78, 5) is 21.0. The topological polar surface area (TPSA) is 124 Å². The summed E-state index contributed by atoms with van der Waals surface area (Å²) < 4.78 is 97.5. The van der Waals surface area contributed by atoms with Crippen LogP contribution in [-0.2, 0) is 29.5 Å². The van der Waals surface area contributed by atoms with Crippen LogP contribution in [0.1, 0.15) is 39.6 Å². The minimum atomic E-state index is -1.19. The molecule has 5 aromatic heterocycles. The Hall–Kier alpha value is -10.1. The molecular formula is C75H75F6N11O2Si2. The van der Waals surface area contributed by atoms with Crippen LogP contribution >= 0.6 is 0 Å². The maximum atomic E-state index is 13.8. The smallest absolute Gasteiger partial charge is 0.140 e. The zero-order chi connectivity index (χ0) is 67.9. The molecule has 21 heteroatoms. The molecule has 11 aromatic rings. The van der Waals surface area contributed by atoms with Gasteiger partial charge in [-0.3, -0.25) is 19.9 Å². The molecule has 6 heterocycles. The fourth-order valence-electron chi connectivity index (χ4n) is 10.2. The second kappa shape index (κ2) is 31.4. The quantitative estimate of drug-likeness (QED) is 0.0398. The number of aromatic nitrogens is 7. The first-order valence-corrected chi connectivity index (χ1v) is 38.7. The molecule has 0 radical (unpaired) electrons. The van der Waals surface area contributed by atoms with E-state index in [9.17, 15) is 26.3 Å². The Morgan fingerprint density at radius 1 is 0.448 bits per heavy atom. The van der Waals surface area contributed by atoms with Crippen molar-refractivity contribution < 1.29 is 35.8 Å². The van der Waals surface area contributed by atoms with Crippen molar-refractivity contribution in [3.8, 4) is 0 Å². The number of nitrogens with zero attached hydrogens (tertiary/aromatic N) is 10. The molecule has 0 saturated carbocycles. The average Bonchev–Trinajstić information content (AvgIpc) is 1.63. The van der Waals surface area contributed by atoms with Crippen LogP contribution < -0.4 is 15.1 Å². The summed E-state index contributed by atoms with van der Waals surface area (Å²) in [5.41, 5.74) is 12.4. The van der Waals surface area contributed by atoms with E-state index >= 15 is 0 Å². The summed E-state index contributed by atoms with van der Waals surface area (Å²) in [7, 11) is 1.20. The van der Waals surface area contributed by atoms with Gasteiger partial charge in [0.05, 0.1) is 51.8 Å². The first-order chi connectivity index (χ1) is 46.1. The van der Waals surface area contributed by atoms with Crippen LogP contribution in [0.25, 0.3) is 52.2 Å². The number of benzene rings is 6. The lowest BCUT2D eigenvalue weighted by atomic mass is 10.0. The molecule has 1 N–H and O–H groups in total. The fraction of sp³-hybridized carbons (Fsp3) is 0.200. The normalized spacial score (nSPS) is 12.3. The number of rotatable bonds is 22. The molecule has 12 rings (SSSR count). The van der Waals surface area contributed by atoms with E-state index in [0.29, 0.717) is 56.0 Å². The predicted molar refractivity (Wildman–Crippen MR) is 382 cm³/mol. The number of ether oxygens (including phenoxy) is 2. The highest BCUT2D eigenvalue weighted by Gasteiger charge is 2.20. The van der Waals surface area contributed by atoms with E-state index in [1.54, 1.807) is 42.5 Å². The average molecular weight is 1330 g/mol. The second-order valence-electron chi connectivity index (χ2n) is 25.4. The Kier molecular flexibility index (Phi) is 22.5. The van der Waals surface area contributed by atoms with Crippen LogP contribution in [0.3, 0.4) is 0 Å². The second-order valence-corrected chi connectivity index (χ2v) is 36.6. The summed E-state index contributed by atoms with van der Waals surface area (Å²) in [6, 6.07) is 47.2. The summed E-state index contributed by atoms with van der Waals surface area (Å²) >= 11 is 0. The van der Waals surface area contributed by atoms with Crippen LogP contribution in [0.4, 0.5) is 60.5 Å². The van der Waals surface area contributed by atoms with Gasteiger partial charge in [0.15, 0.2) is 0 Å². The van der Waals surface area contributed by atoms with Crippen molar-refractivity contribution in [2.45, 2.75) is 71.4 Å². The third-order valence-corrected chi connectivity index (χ3v) is 18.9. The van der Waals surface area contributed by atoms with Gasteiger partial charge in [-0.1, -0.05) is 63.5 Å². The zero-order valence-electron chi connectivity index (χ0n) is 54.8. The Labute approximate surface area is 557 Å². The van der Waals surface area contributed by atoms with Crippen molar-refractivity contribution in [3.63, 3.8) is 0 Å². The Bertz CT molecular complexity index is 4530. The lowest BCUT2D eigenvalue weighted by Crippen LogP contribution is -2.22. The molecule has 1 aliphatic heterocycles. The minimum Gasteiger partial charge on any atom is -0.360 e. The van der Waals surface area contributed by atoms with Gasteiger partial charge in [0.2, 0.25) is 0 Å². The number of halogens is 6. The van der Waals surface area contributed by atoms with Gasteiger partial charge < -0.3 is 24.6 Å². The maximum absolute atomic E-state index is 13.8. The van der Waals surface area contributed by atoms with Gasteiger partial charge in [0, 0.05) is 131 Å². The van der Waals surface area contributed by atoms with Gasteiger partial charge in [-0.05, 0) is 175 Å². The van der Waals surface area contributed by atoms with Gasteiger partial charge >= 0.3 is 0 Å². The number of nitrogens with one attached hydrogen (secondary N) is 1. The molecule has 492 valence electrons. The monoisotopic (exact) mass is 1330 g/mol. The first kappa shape index (κ1) is 68.8. The predicted octanol–water partition coefficient (Wildman–Crippen LogP) is 19.0. The highest BCUT2D eigenvalue weighted by Crippen LogP contribution is 2.34. The number of anilines is 6. The largest absolute Gasteiger partial charge is 0.360 e. The summed E-state index contributed by atoms with van der Waals surface area (Å²) in [5.74, 6) is -3.70. The molecule has 0 fully saturated rings. The molecule has 0 spiro atoms. The zero-order valence-corrected chi connectivity index (χ0v) is 56.8. The summed E-state index contributed by atoms with van der Waals surface area (Å²) in [6.07, 6.45) is 16.7. The molecule has 13 nitrogen and oxygen atoms in total. The van der Waals surface area contributed by atoms with Crippen molar-refractivity contribution >= 4 is 108 Å². The van der Waals surface area contributed by atoms with Crippen LogP contribution in [-0.4, -0.2) is 83.7 Å². The maximum Gasteiger partial charge on any atom is 0.140 e. The third-order valence-electron chi connectivity index (χ3n) is 15.4.